The summed E-state index contributed by atoms with van der Waals surface area (Å²) in [5.41, 5.74) is 1.94. The Labute approximate surface area is 89.6 Å². The monoisotopic (exact) mass is 198 g/mol. The molecule has 15 heavy (non-hydrogen) atoms. The Morgan fingerprint density at radius 1 is 1.07 bits per heavy atom. The number of para-hydroxylation sites is 1. The van der Waals surface area contributed by atoms with Crippen LogP contribution in [0.5, 0.6) is 5.75 Å². The number of rotatable bonds is 3. The van der Waals surface area contributed by atoms with Crippen molar-refractivity contribution in [1.29, 1.82) is 0 Å². The lowest BCUT2D eigenvalue weighted by Crippen LogP contribution is -1.90. The molecule has 0 aliphatic carbocycles. The highest BCUT2D eigenvalue weighted by molar-refractivity contribution is 5.66. The van der Waals surface area contributed by atoms with Gasteiger partial charge in [0.05, 0.1) is 5.69 Å². The van der Waals surface area contributed by atoms with Gasteiger partial charge in [-0.3, -0.25) is 4.98 Å². The molecule has 0 N–H and O–H groups in total. The average Bonchev–Trinajstić information content (AvgIpc) is 2.31. The highest BCUT2D eigenvalue weighted by Crippen LogP contribution is 2.28. The standard InChI is InChI=1S/C13H12NO/c1-2-15-13-9-4-3-7-11(13)12-8-5-6-10-14-12/h2-10H,1H3. The molecule has 2 rings (SSSR count). The summed E-state index contributed by atoms with van der Waals surface area (Å²) in [7, 11) is 0. The van der Waals surface area contributed by atoms with Gasteiger partial charge in [0.2, 0.25) is 0 Å². The lowest BCUT2D eigenvalue weighted by Gasteiger charge is -2.08. The summed E-state index contributed by atoms with van der Waals surface area (Å²) in [5, 5.41) is 0. The Bertz CT molecular complexity index is 426. The molecule has 0 amide bonds. The van der Waals surface area contributed by atoms with Crippen LogP contribution in [0.1, 0.15) is 6.92 Å². The van der Waals surface area contributed by atoms with E-state index in [1.54, 1.807) is 12.8 Å². The number of pyridine rings is 1. The normalized spacial score (nSPS) is 9.93. The minimum atomic E-state index is 0.832. The van der Waals surface area contributed by atoms with E-state index in [1.165, 1.54) is 0 Å². The number of nitrogens with zero attached hydrogens (tertiary/aromatic N) is 1. The molecular weight excluding hydrogens is 186 g/mol. The largest absolute Gasteiger partial charge is 0.486 e. The second-order valence-electron chi connectivity index (χ2n) is 3.06. The van der Waals surface area contributed by atoms with Crippen LogP contribution in [-0.2, 0) is 0 Å². The molecular formula is C13H12NO. The molecule has 0 aliphatic rings. The van der Waals surface area contributed by atoms with Crippen LogP contribution in [0.3, 0.4) is 0 Å². The van der Waals surface area contributed by atoms with Gasteiger partial charge in [-0.15, -0.1) is 0 Å². The van der Waals surface area contributed by atoms with Gasteiger partial charge >= 0.3 is 0 Å². The van der Waals surface area contributed by atoms with Crippen LogP contribution in [0.4, 0.5) is 0 Å². The van der Waals surface area contributed by atoms with Gasteiger partial charge in [-0.25, -0.2) is 0 Å². The van der Waals surface area contributed by atoms with Crippen LogP contribution < -0.4 is 4.74 Å². The fourth-order valence-corrected chi connectivity index (χ4v) is 1.43. The first-order valence-electron chi connectivity index (χ1n) is 4.87. The third-order valence-electron chi connectivity index (χ3n) is 2.07. The lowest BCUT2D eigenvalue weighted by atomic mass is 10.1. The third kappa shape index (κ3) is 2.15. The Kier molecular flexibility index (Phi) is 2.98. The van der Waals surface area contributed by atoms with Crippen molar-refractivity contribution in [3.8, 4) is 17.0 Å². The number of benzene rings is 1. The van der Waals surface area contributed by atoms with Crippen molar-refractivity contribution >= 4 is 0 Å². The molecule has 75 valence electrons. The Morgan fingerprint density at radius 2 is 1.87 bits per heavy atom. The maximum Gasteiger partial charge on any atom is 0.132 e. The maximum absolute atomic E-state index is 5.43. The van der Waals surface area contributed by atoms with Crippen molar-refractivity contribution in [3.63, 3.8) is 0 Å². The van der Waals surface area contributed by atoms with Gasteiger partial charge in [0.1, 0.15) is 12.4 Å². The van der Waals surface area contributed by atoms with Crippen LogP contribution in [0.15, 0.2) is 48.7 Å². The topological polar surface area (TPSA) is 22.1 Å². The van der Waals surface area contributed by atoms with Crippen LogP contribution in [-0.4, -0.2) is 4.98 Å². The molecule has 2 aromatic rings. The second-order valence-corrected chi connectivity index (χ2v) is 3.06. The van der Waals surface area contributed by atoms with Gasteiger partial charge in [0, 0.05) is 11.8 Å². The molecule has 0 saturated carbocycles. The maximum atomic E-state index is 5.43. The van der Waals surface area contributed by atoms with Crippen molar-refractivity contribution in [2.75, 3.05) is 0 Å². The first-order valence-corrected chi connectivity index (χ1v) is 4.87. The van der Waals surface area contributed by atoms with E-state index < -0.39 is 0 Å². The molecule has 1 aromatic heterocycles. The van der Waals surface area contributed by atoms with Gasteiger partial charge in [-0.1, -0.05) is 18.2 Å². The molecule has 0 spiro atoms. The first-order chi connectivity index (χ1) is 7.42. The van der Waals surface area contributed by atoms with Gasteiger partial charge in [0.25, 0.3) is 0 Å². The van der Waals surface area contributed by atoms with E-state index in [4.69, 9.17) is 4.74 Å². The molecule has 0 bridgehead atoms. The molecule has 0 unspecified atom stereocenters. The predicted molar refractivity (Wildman–Crippen MR) is 60.3 cm³/mol. The van der Waals surface area contributed by atoms with E-state index >= 15 is 0 Å². The first kappa shape index (κ1) is 9.71. The zero-order valence-electron chi connectivity index (χ0n) is 8.55. The van der Waals surface area contributed by atoms with Gasteiger partial charge in [-0.2, -0.15) is 0 Å². The number of ether oxygens (including phenoxy) is 1. The van der Waals surface area contributed by atoms with Crippen molar-refractivity contribution in [3.05, 3.63) is 55.3 Å². The lowest BCUT2D eigenvalue weighted by molar-refractivity contribution is 0.418. The van der Waals surface area contributed by atoms with E-state index in [-0.39, 0.29) is 0 Å². The number of aromatic nitrogens is 1. The zero-order valence-corrected chi connectivity index (χ0v) is 8.55. The molecule has 0 saturated heterocycles. The van der Waals surface area contributed by atoms with Crippen LogP contribution in [0, 0.1) is 6.61 Å². The summed E-state index contributed by atoms with van der Waals surface area (Å²) in [6.45, 7) is 3.52. The van der Waals surface area contributed by atoms with Gasteiger partial charge in [0.15, 0.2) is 0 Å². The SMILES string of the molecule is C[CH]Oc1ccccc1-c1ccccn1. The third-order valence-corrected chi connectivity index (χ3v) is 2.07. The van der Waals surface area contributed by atoms with Crippen molar-refractivity contribution in [2.45, 2.75) is 6.92 Å². The minimum absolute atomic E-state index is 0.832. The van der Waals surface area contributed by atoms with E-state index in [0.717, 1.165) is 17.0 Å². The smallest absolute Gasteiger partial charge is 0.132 e. The molecule has 1 aromatic carbocycles. The van der Waals surface area contributed by atoms with Crippen molar-refractivity contribution in [2.24, 2.45) is 0 Å². The summed E-state index contributed by atoms with van der Waals surface area (Å²) >= 11 is 0. The zero-order chi connectivity index (χ0) is 10.5. The Balaban J connectivity index is 2.43. The summed E-state index contributed by atoms with van der Waals surface area (Å²) < 4.78 is 5.43. The van der Waals surface area contributed by atoms with E-state index in [2.05, 4.69) is 4.98 Å². The molecule has 0 fully saturated rings. The Morgan fingerprint density at radius 3 is 2.60 bits per heavy atom. The summed E-state index contributed by atoms with van der Waals surface area (Å²) in [4.78, 5) is 4.30. The fraction of sp³-hybridized carbons (Fsp3) is 0.0769. The van der Waals surface area contributed by atoms with Crippen LogP contribution >= 0.6 is 0 Å². The molecule has 1 radical (unpaired) electrons. The summed E-state index contributed by atoms with van der Waals surface area (Å²) in [5.74, 6) is 0.832. The molecule has 2 nitrogen and oxygen atoms in total. The minimum Gasteiger partial charge on any atom is -0.486 e. The quantitative estimate of drug-likeness (QED) is 0.754. The number of hydrogen-bond acceptors (Lipinski definition) is 2. The molecule has 0 atom stereocenters. The Hall–Kier alpha value is -1.83. The highest BCUT2D eigenvalue weighted by atomic mass is 16.5. The van der Waals surface area contributed by atoms with E-state index in [9.17, 15) is 0 Å². The predicted octanol–water partition coefficient (Wildman–Crippen LogP) is 3.31. The van der Waals surface area contributed by atoms with Gasteiger partial charge < -0.3 is 4.74 Å². The summed E-state index contributed by atoms with van der Waals surface area (Å²) in [6, 6.07) is 13.7. The van der Waals surface area contributed by atoms with Crippen molar-refractivity contribution in [1.82, 2.24) is 4.98 Å². The van der Waals surface area contributed by atoms with E-state index in [1.807, 2.05) is 49.4 Å². The fourth-order valence-electron chi connectivity index (χ4n) is 1.43. The number of hydrogen-bond donors (Lipinski definition) is 0. The van der Waals surface area contributed by atoms with Crippen molar-refractivity contribution < 1.29 is 4.74 Å². The van der Waals surface area contributed by atoms with E-state index in [0.29, 0.717) is 0 Å². The molecule has 0 aliphatic heterocycles. The molecule has 2 heteroatoms. The highest BCUT2D eigenvalue weighted by Gasteiger charge is 2.04. The average molecular weight is 198 g/mol. The van der Waals surface area contributed by atoms with Gasteiger partial charge in [-0.05, 0) is 31.2 Å². The van der Waals surface area contributed by atoms with Crippen LogP contribution in [0.25, 0.3) is 11.3 Å². The second kappa shape index (κ2) is 4.60. The van der Waals surface area contributed by atoms with Crippen LogP contribution in [0.2, 0.25) is 0 Å². The summed E-state index contributed by atoms with van der Waals surface area (Å²) in [6.07, 6.45) is 1.78. The molecule has 1 heterocycles.